The van der Waals surface area contributed by atoms with Crippen molar-refractivity contribution in [2.75, 3.05) is 18.6 Å². The van der Waals surface area contributed by atoms with Crippen LogP contribution in [-0.2, 0) is 21.1 Å². The van der Waals surface area contributed by atoms with E-state index >= 15 is 0 Å². The zero-order valence-corrected chi connectivity index (χ0v) is 12.0. The van der Waals surface area contributed by atoms with Crippen LogP contribution in [0.1, 0.15) is 12.0 Å². The minimum absolute atomic E-state index is 0.0491. The molecule has 7 heteroatoms. The number of pyridine rings is 1. The summed E-state index contributed by atoms with van der Waals surface area (Å²) in [6.07, 6.45) is 2.20. The second-order valence-electron chi connectivity index (χ2n) is 4.98. The highest BCUT2D eigenvalue weighted by atomic mass is 32.2. The standard InChI is InChI=1S/C13H17NO5S/c1-19-12-9(3-2-5-14-12)7-11(13(15)16)10-4-6-20(17,18)8-10/h2-3,5,10-11H,4,6-8H2,1H3,(H,15,16). The minimum Gasteiger partial charge on any atom is -0.481 e. The second kappa shape index (κ2) is 5.78. The molecule has 2 rings (SSSR count). The van der Waals surface area contributed by atoms with Crippen molar-refractivity contribution in [3.8, 4) is 5.88 Å². The fourth-order valence-electron chi connectivity index (χ4n) is 2.60. The number of carboxylic acids is 1. The molecule has 0 radical (unpaired) electrons. The fourth-order valence-corrected chi connectivity index (χ4v) is 4.48. The van der Waals surface area contributed by atoms with E-state index in [1.165, 1.54) is 7.11 Å². The zero-order valence-electron chi connectivity index (χ0n) is 11.2. The Bertz CT molecular complexity index is 599. The van der Waals surface area contributed by atoms with E-state index in [2.05, 4.69) is 4.98 Å². The highest BCUT2D eigenvalue weighted by Gasteiger charge is 2.37. The van der Waals surface area contributed by atoms with Crippen LogP contribution in [0.5, 0.6) is 5.88 Å². The topological polar surface area (TPSA) is 93.6 Å². The van der Waals surface area contributed by atoms with Gasteiger partial charge in [-0.15, -0.1) is 0 Å². The van der Waals surface area contributed by atoms with Crippen LogP contribution in [0.15, 0.2) is 18.3 Å². The Kier molecular flexibility index (Phi) is 4.27. The fraction of sp³-hybridized carbons (Fsp3) is 0.538. The van der Waals surface area contributed by atoms with Gasteiger partial charge in [0.05, 0.1) is 24.5 Å². The van der Waals surface area contributed by atoms with Crippen molar-refractivity contribution in [3.63, 3.8) is 0 Å². The van der Waals surface area contributed by atoms with Gasteiger partial charge in [-0.1, -0.05) is 6.07 Å². The molecule has 6 nitrogen and oxygen atoms in total. The molecule has 1 saturated heterocycles. The molecule has 1 aromatic rings. The van der Waals surface area contributed by atoms with Crippen molar-refractivity contribution in [2.24, 2.45) is 11.8 Å². The summed E-state index contributed by atoms with van der Waals surface area (Å²) >= 11 is 0. The number of aliphatic carboxylic acids is 1. The summed E-state index contributed by atoms with van der Waals surface area (Å²) in [6, 6.07) is 3.47. The highest BCUT2D eigenvalue weighted by Crippen LogP contribution is 2.30. The maximum Gasteiger partial charge on any atom is 0.307 e. The quantitative estimate of drug-likeness (QED) is 0.863. The lowest BCUT2D eigenvalue weighted by Gasteiger charge is -2.19. The van der Waals surface area contributed by atoms with Gasteiger partial charge >= 0.3 is 5.97 Å². The van der Waals surface area contributed by atoms with Crippen LogP contribution in [0.4, 0.5) is 0 Å². The maximum absolute atomic E-state index is 11.5. The molecule has 110 valence electrons. The first-order chi connectivity index (χ1) is 9.43. The predicted octanol–water partition coefficient (Wildman–Crippen LogP) is 0.768. The molecule has 1 aliphatic heterocycles. The van der Waals surface area contributed by atoms with E-state index < -0.39 is 21.7 Å². The van der Waals surface area contributed by atoms with E-state index in [1.54, 1.807) is 18.3 Å². The van der Waals surface area contributed by atoms with Gasteiger partial charge < -0.3 is 9.84 Å². The van der Waals surface area contributed by atoms with Gasteiger partial charge in [-0.2, -0.15) is 0 Å². The zero-order chi connectivity index (χ0) is 14.8. The molecule has 0 spiro atoms. The molecule has 1 aliphatic rings. The van der Waals surface area contributed by atoms with E-state index in [0.717, 1.165) is 0 Å². The summed E-state index contributed by atoms with van der Waals surface area (Å²) in [5.41, 5.74) is 0.687. The van der Waals surface area contributed by atoms with E-state index in [9.17, 15) is 18.3 Å². The lowest BCUT2D eigenvalue weighted by Crippen LogP contribution is -2.27. The molecule has 0 saturated carbocycles. The van der Waals surface area contributed by atoms with Crippen molar-refractivity contribution < 1.29 is 23.1 Å². The number of rotatable bonds is 5. The van der Waals surface area contributed by atoms with E-state index in [0.29, 0.717) is 17.9 Å². The number of aromatic nitrogens is 1. The number of hydrogen-bond donors (Lipinski definition) is 1. The third-order valence-electron chi connectivity index (χ3n) is 3.64. The van der Waals surface area contributed by atoms with Crippen molar-refractivity contribution >= 4 is 15.8 Å². The highest BCUT2D eigenvalue weighted by molar-refractivity contribution is 7.91. The van der Waals surface area contributed by atoms with E-state index in [4.69, 9.17) is 4.74 Å². The summed E-state index contributed by atoms with van der Waals surface area (Å²) in [5, 5.41) is 9.37. The number of ether oxygens (including phenoxy) is 1. The predicted molar refractivity (Wildman–Crippen MR) is 72.4 cm³/mol. The first kappa shape index (κ1) is 14.8. The molecule has 0 amide bonds. The van der Waals surface area contributed by atoms with Gasteiger partial charge in [0.25, 0.3) is 0 Å². The summed E-state index contributed by atoms with van der Waals surface area (Å²) < 4.78 is 28.1. The number of carbonyl (C=O) groups is 1. The first-order valence-electron chi connectivity index (χ1n) is 6.34. The summed E-state index contributed by atoms with van der Waals surface area (Å²) in [7, 11) is -1.62. The molecule has 1 aromatic heterocycles. The molecule has 1 fully saturated rings. The van der Waals surface area contributed by atoms with Gasteiger partial charge in [0.2, 0.25) is 5.88 Å². The second-order valence-corrected chi connectivity index (χ2v) is 7.21. The molecule has 0 aromatic carbocycles. The third-order valence-corrected chi connectivity index (χ3v) is 5.43. The Morgan fingerprint density at radius 1 is 1.60 bits per heavy atom. The van der Waals surface area contributed by atoms with Crippen LogP contribution in [-0.4, -0.2) is 43.1 Å². The van der Waals surface area contributed by atoms with Crippen LogP contribution >= 0.6 is 0 Å². The van der Waals surface area contributed by atoms with Gasteiger partial charge in [-0.05, 0) is 24.8 Å². The molecule has 1 N–H and O–H groups in total. The van der Waals surface area contributed by atoms with Crippen LogP contribution in [0.25, 0.3) is 0 Å². The molecule has 2 unspecified atom stereocenters. The average Bonchev–Trinajstić information content (AvgIpc) is 2.76. The number of nitrogens with zero attached hydrogens (tertiary/aromatic N) is 1. The van der Waals surface area contributed by atoms with E-state index in [-0.39, 0.29) is 23.8 Å². The Morgan fingerprint density at radius 3 is 2.90 bits per heavy atom. The van der Waals surface area contributed by atoms with Gasteiger partial charge in [0.15, 0.2) is 9.84 Å². The van der Waals surface area contributed by atoms with Crippen molar-refractivity contribution in [1.82, 2.24) is 4.98 Å². The molecular weight excluding hydrogens is 282 g/mol. The van der Waals surface area contributed by atoms with Crippen molar-refractivity contribution in [2.45, 2.75) is 12.8 Å². The number of sulfone groups is 1. The summed E-state index contributed by atoms with van der Waals surface area (Å²) in [4.78, 5) is 15.5. The maximum atomic E-state index is 11.5. The Balaban J connectivity index is 2.20. The van der Waals surface area contributed by atoms with Gasteiger partial charge in [-0.3, -0.25) is 4.79 Å². The van der Waals surface area contributed by atoms with Crippen LogP contribution in [0.3, 0.4) is 0 Å². The molecule has 20 heavy (non-hydrogen) atoms. The Hall–Kier alpha value is -1.63. The van der Waals surface area contributed by atoms with Gasteiger partial charge in [0.1, 0.15) is 0 Å². The first-order valence-corrected chi connectivity index (χ1v) is 8.16. The molecule has 2 heterocycles. The summed E-state index contributed by atoms with van der Waals surface area (Å²) in [5.74, 6) is -1.64. The van der Waals surface area contributed by atoms with E-state index in [1.807, 2.05) is 0 Å². The number of methoxy groups -OCH3 is 1. The Labute approximate surface area is 117 Å². The summed E-state index contributed by atoms with van der Waals surface area (Å²) in [6.45, 7) is 0. The van der Waals surface area contributed by atoms with Crippen LogP contribution in [0, 0.1) is 11.8 Å². The molecule has 2 atom stereocenters. The van der Waals surface area contributed by atoms with Gasteiger partial charge in [0, 0.05) is 11.8 Å². The molecule has 0 bridgehead atoms. The lowest BCUT2D eigenvalue weighted by molar-refractivity contribution is -0.143. The average molecular weight is 299 g/mol. The smallest absolute Gasteiger partial charge is 0.307 e. The lowest BCUT2D eigenvalue weighted by atomic mass is 9.86. The largest absolute Gasteiger partial charge is 0.481 e. The molecular formula is C13H17NO5S. The molecule has 0 aliphatic carbocycles. The normalized spacial score (nSPS) is 22.4. The minimum atomic E-state index is -3.09. The van der Waals surface area contributed by atoms with Crippen molar-refractivity contribution in [1.29, 1.82) is 0 Å². The van der Waals surface area contributed by atoms with Crippen molar-refractivity contribution in [3.05, 3.63) is 23.9 Å². The third kappa shape index (κ3) is 3.27. The van der Waals surface area contributed by atoms with Crippen LogP contribution < -0.4 is 4.74 Å². The van der Waals surface area contributed by atoms with Crippen LogP contribution in [0.2, 0.25) is 0 Å². The number of carboxylic acid groups (broad SMARTS) is 1. The van der Waals surface area contributed by atoms with Gasteiger partial charge in [-0.25, -0.2) is 13.4 Å². The SMILES string of the molecule is COc1ncccc1CC(C(=O)O)C1CCS(=O)(=O)C1. The number of hydrogen-bond acceptors (Lipinski definition) is 5. The monoisotopic (exact) mass is 299 g/mol. The Morgan fingerprint density at radius 2 is 2.35 bits per heavy atom.